The zero-order valence-electron chi connectivity index (χ0n) is 13.5. The van der Waals surface area contributed by atoms with Crippen molar-refractivity contribution in [1.29, 1.82) is 0 Å². The summed E-state index contributed by atoms with van der Waals surface area (Å²) in [7, 11) is 0. The van der Waals surface area contributed by atoms with Gasteiger partial charge in [-0.1, -0.05) is 47.2 Å². The third kappa shape index (κ3) is 2.85. The number of hydrogen-bond acceptors (Lipinski definition) is 5. The van der Waals surface area contributed by atoms with Crippen molar-refractivity contribution in [3.63, 3.8) is 0 Å². The molecular weight excluding hydrogens is 375 g/mol. The Labute approximate surface area is 156 Å². The third-order valence-corrected chi connectivity index (χ3v) is 5.12. The molecule has 0 aliphatic rings. The molecule has 0 bridgehead atoms. The molecule has 0 aliphatic heterocycles. The molecule has 0 aliphatic carbocycles. The van der Waals surface area contributed by atoms with E-state index in [9.17, 15) is 9.18 Å². The number of rotatable bonds is 3. The van der Waals surface area contributed by atoms with Gasteiger partial charge in [0.05, 0.1) is 16.4 Å². The van der Waals surface area contributed by atoms with Crippen LogP contribution in [0, 0.1) is 12.7 Å². The predicted octanol–water partition coefficient (Wildman–Crippen LogP) is 4.69. The number of nitrogens with one attached hydrogen (secondary N) is 1. The average Bonchev–Trinajstić information content (AvgIpc) is 3.02. The number of benzene rings is 2. The first-order valence-electron chi connectivity index (χ1n) is 7.70. The third-order valence-electron chi connectivity index (χ3n) is 3.86. The number of hydrogen-bond donors (Lipinski definition) is 1. The Kier molecular flexibility index (Phi) is 4.18. The Morgan fingerprint density at radius 3 is 2.77 bits per heavy atom. The Bertz CT molecular complexity index is 1170. The van der Waals surface area contributed by atoms with Crippen molar-refractivity contribution >= 4 is 44.1 Å². The van der Waals surface area contributed by atoms with Gasteiger partial charge in [-0.2, -0.15) is 4.98 Å². The van der Waals surface area contributed by atoms with Crippen molar-refractivity contribution in [2.45, 2.75) is 6.92 Å². The van der Waals surface area contributed by atoms with E-state index in [-0.39, 0.29) is 11.2 Å². The van der Waals surface area contributed by atoms with Crippen molar-refractivity contribution in [3.8, 4) is 5.69 Å². The zero-order valence-corrected chi connectivity index (χ0v) is 15.1. The largest absolute Gasteiger partial charge is 0.329 e. The molecule has 2 heterocycles. The average molecular weight is 387 g/mol. The van der Waals surface area contributed by atoms with Crippen LogP contribution < -0.4 is 10.9 Å². The minimum Gasteiger partial charge on any atom is -0.329 e. The van der Waals surface area contributed by atoms with E-state index in [1.165, 1.54) is 17.0 Å². The highest BCUT2D eigenvalue weighted by atomic mass is 35.5. The lowest BCUT2D eigenvalue weighted by molar-refractivity contribution is 0.632. The molecule has 8 heteroatoms. The molecule has 26 heavy (non-hydrogen) atoms. The molecule has 0 radical (unpaired) electrons. The molecule has 4 aromatic rings. The van der Waals surface area contributed by atoms with Gasteiger partial charge in [0, 0.05) is 0 Å². The van der Waals surface area contributed by atoms with Gasteiger partial charge in [0.25, 0.3) is 5.56 Å². The molecule has 1 N–H and O–H groups in total. The van der Waals surface area contributed by atoms with Crippen LogP contribution in [0.2, 0.25) is 5.02 Å². The van der Waals surface area contributed by atoms with Crippen molar-refractivity contribution in [3.05, 3.63) is 75.5 Å². The van der Waals surface area contributed by atoms with E-state index in [1.807, 2.05) is 19.1 Å². The number of thiazole rings is 1. The fourth-order valence-electron chi connectivity index (χ4n) is 2.63. The molecule has 0 amide bonds. The summed E-state index contributed by atoms with van der Waals surface area (Å²) in [6.07, 6.45) is 1.41. The van der Waals surface area contributed by atoms with Crippen LogP contribution in [0.15, 0.2) is 53.6 Å². The van der Waals surface area contributed by atoms with E-state index in [4.69, 9.17) is 11.6 Å². The van der Waals surface area contributed by atoms with Crippen molar-refractivity contribution in [2.24, 2.45) is 0 Å². The number of anilines is 2. The smallest absolute Gasteiger partial charge is 0.277 e. The number of para-hydroxylation sites is 2. The molecular formula is C18H12ClFN4OS. The van der Waals surface area contributed by atoms with E-state index in [0.29, 0.717) is 26.2 Å². The second kappa shape index (κ2) is 6.51. The molecule has 4 rings (SSSR count). The molecule has 5 nitrogen and oxygen atoms in total. The Morgan fingerprint density at radius 1 is 1.19 bits per heavy atom. The summed E-state index contributed by atoms with van der Waals surface area (Å²) in [6.45, 7) is 1.87. The van der Waals surface area contributed by atoms with E-state index in [2.05, 4.69) is 15.3 Å². The summed E-state index contributed by atoms with van der Waals surface area (Å²) in [4.78, 5) is 21.4. The Hall–Kier alpha value is -2.77. The number of nitrogens with zero attached hydrogens (tertiary/aromatic N) is 3. The highest BCUT2D eigenvalue weighted by molar-refractivity contribution is 7.22. The van der Waals surface area contributed by atoms with Crippen LogP contribution in [-0.2, 0) is 0 Å². The van der Waals surface area contributed by atoms with Crippen LogP contribution in [0.3, 0.4) is 0 Å². The molecule has 0 saturated heterocycles. The van der Waals surface area contributed by atoms with Crippen molar-refractivity contribution in [1.82, 2.24) is 14.5 Å². The van der Waals surface area contributed by atoms with Gasteiger partial charge in [0.2, 0.25) is 0 Å². The summed E-state index contributed by atoms with van der Waals surface area (Å²) in [5.41, 5.74) is 1.76. The topological polar surface area (TPSA) is 59.8 Å². The maximum Gasteiger partial charge on any atom is 0.277 e. The van der Waals surface area contributed by atoms with E-state index in [1.54, 1.807) is 24.3 Å². The SMILES string of the molecule is Cc1cccc(Cl)c1-n1cnc2nc(Nc3ccccc3F)sc2c1=O. The van der Waals surface area contributed by atoms with Crippen molar-refractivity contribution < 1.29 is 4.39 Å². The molecule has 0 unspecified atom stereocenters. The van der Waals surface area contributed by atoms with E-state index >= 15 is 0 Å². The van der Waals surface area contributed by atoms with Gasteiger partial charge >= 0.3 is 0 Å². The zero-order chi connectivity index (χ0) is 18.3. The molecule has 130 valence electrons. The Morgan fingerprint density at radius 2 is 2.00 bits per heavy atom. The van der Waals surface area contributed by atoms with Crippen LogP contribution in [0.25, 0.3) is 16.0 Å². The highest BCUT2D eigenvalue weighted by Gasteiger charge is 2.15. The first kappa shape index (κ1) is 16.7. The minimum absolute atomic E-state index is 0.273. The highest BCUT2D eigenvalue weighted by Crippen LogP contribution is 2.28. The van der Waals surface area contributed by atoms with Gasteiger partial charge in [0.1, 0.15) is 16.8 Å². The minimum atomic E-state index is -0.399. The lowest BCUT2D eigenvalue weighted by Gasteiger charge is -2.10. The summed E-state index contributed by atoms with van der Waals surface area (Å²) in [5.74, 6) is -0.399. The number of aromatic nitrogens is 3. The second-order valence-electron chi connectivity index (χ2n) is 5.60. The van der Waals surface area contributed by atoms with Crippen LogP contribution in [0.1, 0.15) is 5.56 Å². The summed E-state index contributed by atoms with van der Waals surface area (Å²) in [5, 5.41) is 3.74. The number of fused-ring (bicyclic) bond motifs is 1. The van der Waals surface area contributed by atoms with Gasteiger partial charge in [0.15, 0.2) is 10.8 Å². The van der Waals surface area contributed by atoms with Gasteiger partial charge in [-0.3, -0.25) is 9.36 Å². The molecule has 0 fully saturated rings. The standard InChI is InChI=1S/C18H12ClFN4OS/c1-10-5-4-6-11(19)14(10)24-9-21-16-15(17(24)25)26-18(23-16)22-13-8-3-2-7-12(13)20/h2-9H,1H3,(H,22,23). The van der Waals surface area contributed by atoms with Crippen molar-refractivity contribution in [2.75, 3.05) is 5.32 Å². The summed E-state index contributed by atoms with van der Waals surface area (Å²) >= 11 is 7.38. The van der Waals surface area contributed by atoms with Gasteiger partial charge in [-0.05, 0) is 30.7 Å². The lowest BCUT2D eigenvalue weighted by Crippen LogP contribution is -2.19. The van der Waals surface area contributed by atoms with Crippen LogP contribution >= 0.6 is 22.9 Å². The first-order valence-corrected chi connectivity index (χ1v) is 8.89. The molecule has 0 saturated carbocycles. The lowest BCUT2D eigenvalue weighted by atomic mass is 10.2. The maximum atomic E-state index is 13.8. The predicted molar refractivity (Wildman–Crippen MR) is 102 cm³/mol. The monoisotopic (exact) mass is 386 g/mol. The van der Waals surface area contributed by atoms with Gasteiger partial charge in [-0.25, -0.2) is 9.37 Å². The van der Waals surface area contributed by atoms with Crippen LogP contribution in [-0.4, -0.2) is 14.5 Å². The number of aryl methyl sites for hydroxylation is 1. The van der Waals surface area contributed by atoms with E-state index < -0.39 is 5.82 Å². The maximum absolute atomic E-state index is 13.8. The summed E-state index contributed by atoms with van der Waals surface area (Å²) < 4.78 is 15.6. The van der Waals surface area contributed by atoms with E-state index in [0.717, 1.165) is 16.9 Å². The summed E-state index contributed by atoms with van der Waals surface area (Å²) in [6, 6.07) is 11.7. The molecule has 0 spiro atoms. The normalized spacial score (nSPS) is 11.0. The second-order valence-corrected chi connectivity index (χ2v) is 7.01. The molecule has 0 atom stereocenters. The van der Waals surface area contributed by atoms with Crippen LogP contribution in [0.5, 0.6) is 0 Å². The van der Waals surface area contributed by atoms with Crippen LogP contribution in [0.4, 0.5) is 15.2 Å². The van der Waals surface area contributed by atoms with Gasteiger partial charge in [-0.15, -0.1) is 0 Å². The fourth-order valence-corrected chi connectivity index (χ4v) is 3.81. The number of halogens is 2. The molecule has 2 aromatic carbocycles. The fraction of sp³-hybridized carbons (Fsp3) is 0.0556. The molecule has 2 aromatic heterocycles. The Balaban J connectivity index is 1.82. The van der Waals surface area contributed by atoms with Gasteiger partial charge < -0.3 is 5.32 Å². The first-order chi connectivity index (χ1) is 12.5. The quantitative estimate of drug-likeness (QED) is 0.555.